The lowest BCUT2D eigenvalue weighted by Gasteiger charge is -2.60. The van der Waals surface area contributed by atoms with E-state index in [0.717, 1.165) is 19.3 Å². The number of aliphatic hydroxyl groups excluding tert-OH is 2. The summed E-state index contributed by atoms with van der Waals surface area (Å²) in [6.45, 7) is 9.47. The van der Waals surface area contributed by atoms with E-state index in [-0.39, 0.29) is 29.6 Å². The molecule has 0 unspecified atom stereocenters. The van der Waals surface area contributed by atoms with Crippen LogP contribution in [0.3, 0.4) is 0 Å². The minimum Gasteiger partial charge on any atom is -0.396 e. The summed E-state index contributed by atoms with van der Waals surface area (Å²) in [5, 5.41) is 20.6. The fraction of sp³-hybridized carbons (Fsp3) is 0.800. The summed E-state index contributed by atoms with van der Waals surface area (Å²) >= 11 is 0. The molecule has 1 heterocycles. The van der Waals surface area contributed by atoms with Crippen molar-refractivity contribution in [3.8, 4) is 0 Å². The van der Waals surface area contributed by atoms with Gasteiger partial charge in [-0.15, -0.1) is 0 Å². The van der Waals surface area contributed by atoms with E-state index >= 15 is 0 Å². The Hall–Kier alpha value is -0.640. The first-order valence-electron chi connectivity index (χ1n) is 9.20. The van der Waals surface area contributed by atoms with E-state index in [1.165, 1.54) is 24.0 Å². The van der Waals surface area contributed by atoms with Crippen molar-refractivity contribution < 1.29 is 14.9 Å². The zero-order valence-electron chi connectivity index (χ0n) is 14.4. The Bertz CT molecular complexity index is 553. The van der Waals surface area contributed by atoms with Crippen LogP contribution in [0.1, 0.15) is 46.0 Å². The SMILES string of the molecule is C=C1CO[C@H]2C3=CC[C@@H]4[C@](C)(CC[C@@H](O)[C@]4(C)CO)[C@H]3CC[C@H]12. The highest BCUT2D eigenvalue weighted by Gasteiger charge is 2.59. The Morgan fingerprint density at radius 1 is 1.30 bits per heavy atom. The molecule has 3 aliphatic carbocycles. The molecule has 0 aromatic heterocycles. The minimum atomic E-state index is -0.389. The lowest BCUT2D eigenvalue weighted by Crippen LogP contribution is -2.58. The summed E-state index contributed by atoms with van der Waals surface area (Å²) in [7, 11) is 0. The number of rotatable bonds is 1. The van der Waals surface area contributed by atoms with Crippen LogP contribution in [-0.4, -0.2) is 35.6 Å². The molecule has 23 heavy (non-hydrogen) atoms. The Kier molecular flexibility index (Phi) is 3.57. The number of aliphatic hydroxyl groups is 2. The second-order valence-corrected chi connectivity index (χ2v) is 8.84. The zero-order chi connectivity index (χ0) is 16.4. The van der Waals surface area contributed by atoms with Gasteiger partial charge in [0.1, 0.15) is 0 Å². The normalized spacial score (nSPS) is 52.4. The Morgan fingerprint density at radius 3 is 2.83 bits per heavy atom. The third kappa shape index (κ3) is 1.99. The summed E-state index contributed by atoms with van der Waals surface area (Å²) in [6, 6.07) is 0. The highest BCUT2D eigenvalue weighted by Crippen LogP contribution is 2.63. The van der Waals surface area contributed by atoms with Gasteiger partial charge in [-0.25, -0.2) is 0 Å². The van der Waals surface area contributed by atoms with Gasteiger partial charge in [-0.1, -0.05) is 26.5 Å². The fourth-order valence-electron chi connectivity index (χ4n) is 6.36. The van der Waals surface area contributed by atoms with Crippen LogP contribution >= 0.6 is 0 Å². The highest BCUT2D eigenvalue weighted by molar-refractivity contribution is 5.31. The van der Waals surface area contributed by atoms with Crippen LogP contribution in [-0.2, 0) is 4.74 Å². The van der Waals surface area contributed by atoms with Gasteiger partial charge in [-0.2, -0.15) is 0 Å². The second kappa shape index (κ2) is 5.18. The summed E-state index contributed by atoms with van der Waals surface area (Å²) in [5.74, 6) is 1.39. The molecule has 3 nitrogen and oxygen atoms in total. The lowest BCUT2D eigenvalue weighted by molar-refractivity contribution is -0.149. The molecule has 128 valence electrons. The summed E-state index contributed by atoms with van der Waals surface area (Å²) in [6.07, 6.45) is 7.41. The molecule has 3 heteroatoms. The summed E-state index contributed by atoms with van der Waals surface area (Å²) in [4.78, 5) is 0. The largest absolute Gasteiger partial charge is 0.396 e. The first kappa shape index (κ1) is 15.9. The van der Waals surface area contributed by atoms with Crippen LogP contribution in [0, 0.1) is 28.6 Å². The van der Waals surface area contributed by atoms with Gasteiger partial charge < -0.3 is 14.9 Å². The standard InChI is InChI=1S/C20H30O3/c1-12-10-23-18-13(12)4-6-15-14(18)5-7-16-19(15,2)9-8-17(22)20(16,3)11-21/h5,13,15-18,21-22H,1,4,6-11H2,2-3H3/t13-,15+,16-,17-,18-,19-,20-/m1/s1. The lowest BCUT2D eigenvalue weighted by atomic mass is 9.45. The van der Waals surface area contributed by atoms with E-state index in [1.54, 1.807) is 0 Å². The highest BCUT2D eigenvalue weighted by atomic mass is 16.5. The molecule has 0 bridgehead atoms. The fourth-order valence-corrected chi connectivity index (χ4v) is 6.36. The van der Waals surface area contributed by atoms with Crippen LogP contribution in [0.2, 0.25) is 0 Å². The molecule has 3 fully saturated rings. The second-order valence-electron chi connectivity index (χ2n) is 8.84. The summed E-state index contributed by atoms with van der Waals surface area (Å²) in [5.41, 5.74) is 2.54. The van der Waals surface area contributed by atoms with Gasteiger partial charge in [0.15, 0.2) is 0 Å². The quantitative estimate of drug-likeness (QED) is 0.731. The average Bonchev–Trinajstić information content (AvgIpc) is 2.93. The van der Waals surface area contributed by atoms with Crippen molar-refractivity contribution in [2.45, 2.75) is 58.2 Å². The molecule has 0 spiro atoms. The van der Waals surface area contributed by atoms with E-state index in [0.29, 0.717) is 24.4 Å². The smallest absolute Gasteiger partial charge is 0.0858 e. The molecule has 7 atom stereocenters. The predicted octanol–water partition coefficient (Wildman–Crippen LogP) is 3.07. The molecule has 4 rings (SSSR count). The number of fused-ring (bicyclic) bond motifs is 5. The van der Waals surface area contributed by atoms with Crippen molar-refractivity contribution in [1.29, 1.82) is 0 Å². The zero-order valence-corrected chi connectivity index (χ0v) is 14.4. The van der Waals surface area contributed by atoms with E-state index < -0.39 is 0 Å². The van der Waals surface area contributed by atoms with E-state index in [4.69, 9.17) is 4.74 Å². The number of hydrogen-bond donors (Lipinski definition) is 2. The van der Waals surface area contributed by atoms with Crippen molar-refractivity contribution in [3.63, 3.8) is 0 Å². The molecule has 0 aromatic carbocycles. The molecular formula is C20H30O3. The maximum atomic E-state index is 10.5. The monoisotopic (exact) mass is 318 g/mol. The van der Waals surface area contributed by atoms with E-state index in [9.17, 15) is 10.2 Å². The Balaban J connectivity index is 1.72. The average molecular weight is 318 g/mol. The molecular weight excluding hydrogens is 288 g/mol. The third-order valence-corrected chi connectivity index (χ3v) is 7.87. The van der Waals surface area contributed by atoms with Crippen molar-refractivity contribution in [2.24, 2.45) is 28.6 Å². The number of ether oxygens (including phenoxy) is 1. The molecule has 1 aliphatic heterocycles. The third-order valence-electron chi connectivity index (χ3n) is 7.87. The van der Waals surface area contributed by atoms with Crippen molar-refractivity contribution in [3.05, 3.63) is 23.8 Å². The number of hydrogen-bond acceptors (Lipinski definition) is 3. The first-order chi connectivity index (χ1) is 10.9. The van der Waals surface area contributed by atoms with E-state index in [1.807, 2.05) is 0 Å². The molecule has 2 N–H and O–H groups in total. The molecule has 0 radical (unpaired) electrons. The minimum absolute atomic E-state index is 0.0731. The van der Waals surface area contributed by atoms with Gasteiger partial charge in [-0.3, -0.25) is 0 Å². The topological polar surface area (TPSA) is 49.7 Å². The van der Waals surface area contributed by atoms with Crippen molar-refractivity contribution >= 4 is 0 Å². The van der Waals surface area contributed by atoms with Gasteiger partial charge in [0, 0.05) is 11.3 Å². The molecule has 2 saturated carbocycles. The van der Waals surface area contributed by atoms with Gasteiger partial charge in [-0.05, 0) is 60.5 Å². The number of allylic oxidation sites excluding steroid dienone is 1. The Morgan fingerprint density at radius 2 is 2.09 bits per heavy atom. The van der Waals surface area contributed by atoms with Gasteiger partial charge in [0.2, 0.25) is 0 Å². The molecule has 0 aromatic rings. The van der Waals surface area contributed by atoms with Crippen LogP contribution in [0.4, 0.5) is 0 Å². The van der Waals surface area contributed by atoms with Crippen LogP contribution in [0.5, 0.6) is 0 Å². The van der Waals surface area contributed by atoms with Crippen molar-refractivity contribution in [2.75, 3.05) is 13.2 Å². The Labute approximate surface area is 139 Å². The maximum Gasteiger partial charge on any atom is 0.0858 e. The van der Waals surface area contributed by atoms with Crippen LogP contribution < -0.4 is 0 Å². The molecule has 4 aliphatic rings. The maximum absolute atomic E-state index is 10.5. The van der Waals surface area contributed by atoms with E-state index in [2.05, 4.69) is 26.5 Å². The predicted molar refractivity (Wildman–Crippen MR) is 89.8 cm³/mol. The van der Waals surface area contributed by atoms with Gasteiger partial charge in [0.25, 0.3) is 0 Å². The first-order valence-corrected chi connectivity index (χ1v) is 9.20. The van der Waals surface area contributed by atoms with Crippen LogP contribution in [0.15, 0.2) is 23.8 Å². The van der Waals surface area contributed by atoms with Crippen molar-refractivity contribution in [1.82, 2.24) is 0 Å². The van der Waals surface area contributed by atoms with Crippen LogP contribution in [0.25, 0.3) is 0 Å². The van der Waals surface area contributed by atoms with Gasteiger partial charge >= 0.3 is 0 Å². The molecule has 0 amide bonds. The summed E-state index contributed by atoms with van der Waals surface area (Å²) < 4.78 is 6.10. The van der Waals surface area contributed by atoms with Gasteiger partial charge in [0.05, 0.1) is 25.4 Å². The molecule has 1 saturated heterocycles.